The molecule has 1 saturated heterocycles. The first-order chi connectivity index (χ1) is 12.1. The molecule has 0 spiro atoms. The zero-order chi connectivity index (χ0) is 17.6. The van der Waals surface area contributed by atoms with Gasteiger partial charge in [0, 0.05) is 45.0 Å². The number of hydrogen-bond acceptors (Lipinski definition) is 5. The molecule has 1 aliphatic heterocycles. The number of rotatable bonds is 5. The van der Waals surface area contributed by atoms with E-state index in [1.54, 1.807) is 12.5 Å². The summed E-state index contributed by atoms with van der Waals surface area (Å²) in [4.78, 5) is 21.2. The van der Waals surface area contributed by atoms with E-state index in [0.717, 1.165) is 31.0 Å². The number of nitrogens with zero attached hydrogens (tertiary/aromatic N) is 4. The largest absolute Gasteiger partial charge is 0.364 e. The lowest BCUT2D eigenvalue weighted by Gasteiger charge is -2.35. The molecule has 1 aliphatic rings. The predicted molar refractivity (Wildman–Crippen MR) is 93.7 cm³/mol. The number of piperazine rings is 1. The van der Waals surface area contributed by atoms with Crippen LogP contribution in [0.3, 0.4) is 0 Å². The molecule has 1 fully saturated rings. The van der Waals surface area contributed by atoms with Gasteiger partial charge in [0.2, 0.25) is 0 Å². The van der Waals surface area contributed by atoms with Gasteiger partial charge in [0.1, 0.15) is 6.26 Å². The van der Waals surface area contributed by atoms with E-state index in [-0.39, 0.29) is 18.0 Å². The zero-order valence-corrected chi connectivity index (χ0v) is 14.8. The van der Waals surface area contributed by atoms with E-state index in [4.69, 9.17) is 4.52 Å². The van der Waals surface area contributed by atoms with Crippen LogP contribution < -0.4 is 5.32 Å². The molecular formula is C18H25N5O2. The van der Waals surface area contributed by atoms with Crippen molar-refractivity contribution >= 4 is 6.03 Å². The number of pyridine rings is 1. The molecule has 0 aliphatic carbocycles. The van der Waals surface area contributed by atoms with Crippen LogP contribution in [-0.4, -0.2) is 52.2 Å². The van der Waals surface area contributed by atoms with Gasteiger partial charge >= 0.3 is 6.03 Å². The Hall–Kier alpha value is -2.41. The first-order valence-corrected chi connectivity index (χ1v) is 8.71. The third kappa shape index (κ3) is 4.57. The normalized spacial score (nSPS) is 16.8. The maximum atomic E-state index is 12.7. The average Bonchev–Trinajstić information content (AvgIpc) is 3.13. The summed E-state index contributed by atoms with van der Waals surface area (Å²) in [5.74, 6) is 0.271. The highest BCUT2D eigenvalue weighted by atomic mass is 16.5. The van der Waals surface area contributed by atoms with Gasteiger partial charge in [-0.3, -0.25) is 9.88 Å². The van der Waals surface area contributed by atoms with Crippen LogP contribution in [0.1, 0.15) is 31.3 Å². The standard InChI is InChI=1S/C18H25N5O2/c1-14(2)17(16-5-3-4-7-19-16)20-18(24)23-10-8-22(9-11-23)13-15-6-12-25-21-15/h3-7,12,14,17H,8-11,13H2,1-2H3,(H,20,24)/t17-/m1/s1. The van der Waals surface area contributed by atoms with E-state index in [1.807, 2.05) is 29.2 Å². The Morgan fingerprint density at radius 3 is 2.64 bits per heavy atom. The maximum Gasteiger partial charge on any atom is 0.318 e. The molecule has 2 aromatic rings. The van der Waals surface area contributed by atoms with Gasteiger partial charge in [-0.15, -0.1) is 0 Å². The van der Waals surface area contributed by atoms with Gasteiger partial charge in [0.25, 0.3) is 0 Å². The molecule has 1 N–H and O–H groups in total. The van der Waals surface area contributed by atoms with Gasteiger partial charge < -0.3 is 14.7 Å². The van der Waals surface area contributed by atoms with Crippen LogP contribution in [0.25, 0.3) is 0 Å². The third-order valence-electron chi connectivity index (χ3n) is 4.49. The molecule has 2 aromatic heterocycles. The molecular weight excluding hydrogens is 318 g/mol. The van der Waals surface area contributed by atoms with E-state index in [1.165, 1.54) is 0 Å². The van der Waals surface area contributed by atoms with Gasteiger partial charge in [0.05, 0.1) is 17.4 Å². The van der Waals surface area contributed by atoms with Gasteiger partial charge in [-0.25, -0.2) is 4.79 Å². The van der Waals surface area contributed by atoms with Gasteiger partial charge in [0.15, 0.2) is 0 Å². The molecule has 0 radical (unpaired) electrons. The molecule has 134 valence electrons. The second-order valence-corrected chi connectivity index (χ2v) is 6.68. The van der Waals surface area contributed by atoms with E-state index in [9.17, 15) is 4.79 Å². The van der Waals surface area contributed by atoms with E-state index < -0.39 is 0 Å². The van der Waals surface area contributed by atoms with Crippen molar-refractivity contribution < 1.29 is 9.32 Å². The van der Waals surface area contributed by atoms with E-state index in [2.05, 4.69) is 34.2 Å². The van der Waals surface area contributed by atoms with Crippen LogP contribution in [0.5, 0.6) is 0 Å². The molecule has 1 atom stereocenters. The monoisotopic (exact) mass is 343 g/mol. The van der Waals surface area contributed by atoms with Gasteiger partial charge in [-0.1, -0.05) is 25.1 Å². The number of nitrogens with one attached hydrogen (secondary N) is 1. The summed E-state index contributed by atoms with van der Waals surface area (Å²) in [5, 5.41) is 7.08. The number of hydrogen-bond donors (Lipinski definition) is 1. The Morgan fingerprint density at radius 1 is 1.24 bits per heavy atom. The van der Waals surface area contributed by atoms with E-state index in [0.29, 0.717) is 13.1 Å². The lowest BCUT2D eigenvalue weighted by Crippen LogP contribution is -2.52. The highest BCUT2D eigenvalue weighted by molar-refractivity contribution is 5.74. The fraction of sp³-hybridized carbons (Fsp3) is 0.500. The smallest absolute Gasteiger partial charge is 0.318 e. The first kappa shape index (κ1) is 17.4. The van der Waals surface area contributed by atoms with Crippen LogP contribution in [0.15, 0.2) is 41.2 Å². The average molecular weight is 343 g/mol. The second kappa shape index (κ2) is 8.11. The Bertz CT molecular complexity index is 651. The fourth-order valence-corrected chi connectivity index (χ4v) is 3.02. The van der Waals surface area contributed by atoms with Crippen molar-refractivity contribution in [3.8, 4) is 0 Å². The van der Waals surface area contributed by atoms with Gasteiger partial charge in [-0.05, 0) is 18.1 Å². The highest BCUT2D eigenvalue weighted by Gasteiger charge is 2.25. The van der Waals surface area contributed by atoms with Crippen LogP contribution in [0.2, 0.25) is 0 Å². The van der Waals surface area contributed by atoms with Crippen molar-refractivity contribution in [1.82, 2.24) is 25.3 Å². The molecule has 0 unspecified atom stereocenters. The molecule has 7 nitrogen and oxygen atoms in total. The molecule has 0 bridgehead atoms. The lowest BCUT2D eigenvalue weighted by atomic mass is 10.0. The summed E-state index contributed by atoms with van der Waals surface area (Å²) in [6.45, 7) is 8.01. The van der Waals surface area contributed by atoms with Crippen molar-refractivity contribution in [1.29, 1.82) is 0 Å². The molecule has 0 aromatic carbocycles. The fourth-order valence-electron chi connectivity index (χ4n) is 3.02. The number of carbonyl (C=O) groups excluding carboxylic acids is 1. The quantitative estimate of drug-likeness (QED) is 0.902. The van der Waals surface area contributed by atoms with Crippen LogP contribution >= 0.6 is 0 Å². The number of amides is 2. The molecule has 2 amide bonds. The minimum Gasteiger partial charge on any atom is -0.364 e. The Kier molecular flexibility index (Phi) is 5.65. The summed E-state index contributed by atoms with van der Waals surface area (Å²) in [7, 11) is 0. The Labute approximate surface area is 148 Å². The highest BCUT2D eigenvalue weighted by Crippen LogP contribution is 2.20. The number of aromatic nitrogens is 2. The summed E-state index contributed by atoms with van der Waals surface area (Å²) in [6, 6.07) is 7.57. The predicted octanol–water partition coefficient (Wildman–Crippen LogP) is 2.29. The Morgan fingerprint density at radius 2 is 2.04 bits per heavy atom. The summed E-state index contributed by atoms with van der Waals surface area (Å²) < 4.78 is 4.87. The molecule has 3 heterocycles. The molecule has 25 heavy (non-hydrogen) atoms. The molecule has 0 saturated carbocycles. The number of urea groups is 1. The van der Waals surface area contributed by atoms with Crippen LogP contribution in [0.4, 0.5) is 4.79 Å². The number of carbonyl (C=O) groups is 1. The maximum absolute atomic E-state index is 12.7. The van der Waals surface area contributed by atoms with Crippen molar-refractivity contribution in [3.63, 3.8) is 0 Å². The topological polar surface area (TPSA) is 74.5 Å². The summed E-state index contributed by atoms with van der Waals surface area (Å²) in [5.41, 5.74) is 1.82. The first-order valence-electron chi connectivity index (χ1n) is 8.71. The van der Waals surface area contributed by atoms with Crippen LogP contribution in [-0.2, 0) is 6.54 Å². The summed E-state index contributed by atoms with van der Waals surface area (Å²) >= 11 is 0. The van der Waals surface area contributed by atoms with Crippen molar-refractivity contribution in [2.24, 2.45) is 5.92 Å². The summed E-state index contributed by atoms with van der Waals surface area (Å²) in [6.07, 6.45) is 3.35. The van der Waals surface area contributed by atoms with Crippen molar-refractivity contribution in [2.45, 2.75) is 26.4 Å². The minimum absolute atomic E-state index is 0.0227. The molecule has 3 rings (SSSR count). The van der Waals surface area contributed by atoms with Crippen molar-refractivity contribution in [2.75, 3.05) is 26.2 Å². The van der Waals surface area contributed by atoms with Crippen LogP contribution in [0, 0.1) is 5.92 Å². The minimum atomic E-state index is -0.0816. The lowest BCUT2D eigenvalue weighted by molar-refractivity contribution is 0.130. The Balaban J connectivity index is 1.53. The third-order valence-corrected chi connectivity index (χ3v) is 4.49. The van der Waals surface area contributed by atoms with Gasteiger partial charge in [-0.2, -0.15) is 0 Å². The SMILES string of the molecule is CC(C)[C@@H](NC(=O)N1CCN(Cc2ccon2)CC1)c1ccccn1. The molecule has 7 heteroatoms. The van der Waals surface area contributed by atoms with Crippen molar-refractivity contribution in [3.05, 3.63) is 48.1 Å². The van der Waals surface area contributed by atoms with E-state index >= 15 is 0 Å². The zero-order valence-electron chi connectivity index (χ0n) is 14.8. The second-order valence-electron chi connectivity index (χ2n) is 6.68.